The summed E-state index contributed by atoms with van der Waals surface area (Å²) in [4.78, 5) is 14.3. The van der Waals surface area contributed by atoms with Gasteiger partial charge in [-0.15, -0.1) is 0 Å². The molecule has 0 saturated carbocycles. The van der Waals surface area contributed by atoms with Crippen LogP contribution in [0.25, 0.3) is 0 Å². The van der Waals surface area contributed by atoms with E-state index in [0.29, 0.717) is 5.92 Å². The van der Waals surface area contributed by atoms with Crippen molar-refractivity contribution in [3.63, 3.8) is 0 Å². The number of ether oxygens (including phenoxy) is 2. The second-order valence-corrected chi connectivity index (χ2v) is 7.88. The molecule has 0 aromatic carbocycles. The number of hydrogen-bond donors (Lipinski definition) is 1. The van der Waals surface area contributed by atoms with Crippen molar-refractivity contribution < 1.29 is 14.3 Å². The second-order valence-electron chi connectivity index (χ2n) is 7.88. The summed E-state index contributed by atoms with van der Waals surface area (Å²) in [6, 6.07) is 0.270. The Morgan fingerprint density at radius 3 is 2.61 bits per heavy atom. The number of rotatable bonds is 5. The molecule has 0 aromatic heterocycles. The van der Waals surface area contributed by atoms with Gasteiger partial charge in [0.1, 0.15) is 5.60 Å². The minimum atomic E-state index is -0.426. The molecule has 0 spiro atoms. The van der Waals surface area contributed by atoms with Crippen molar-refractivity contribution in [2.75, 3.05) is 32.8 Å². The summed E-state index contributed by atoms with van der Waals surface area (Å²) in [5.74, 6) is 0.699. The summed E-state index contributed by atoms with van der Waals surface area (Å²) in [6.45, 7) is 10.4. The van der Waals surface area contributed by atoms with E-state index in [9.17, 15) is 4.79 Å². The number of piperidine rings is 2. The Morgan fingerprint density at radius 1 is 1.17 bits per heavy atom. The summed E-state index contributed by atoms with van der Waals surface area (Å²) >= 11 is 0. The highest BCUT2D eigenvalue weighted by Crippen LogP contribution is 2.22. The van der Waals surface area contributed by atoms with E-state index in [1.165, 1.54) is 19.3 Å². The van der Waals surface area contributed by atoms with Crippen molar-refractivity contribution in [1.82, 2.24) is 10.2 Å². The molecule has 1 N–H and O–H groups in total. The van der Waals surface area contributed by atoms with Crippen molar-refractivity contribution in [2.24, 2.45) is 5.92 Å². The zero-order valence-electron chi connectivity index (χ0n) is 15.1. The number of likely N-dealkylation sites (tertiary alicyclic amines) is 1. The molecule has 0 aliphatic carbocycles. The van der Waals surface area contributed by atoms with Gasteiger partial charge in [0.25, 0.3) is 0 Å². The third kappa shape index (κ3) is 6.68. The van der Waals surface area contributed by atoms with Crippen molar-refractivity contribution in [1.29, 1.82) is 0 Å². The summed E-state index contributed by atoms with van der Waals surface area (Å²) in [6.07, 6.45) is 6.52. The molecule has 134 valence electrons. The van der Waals surface area contributed by atoms with Crippen LogP contribution in [0.15, 0.2) is 0 Å². The molecule has 5 heteroatoms. The molecule has 23 heavy (non-hydrogen) atoms. The Hall–Kier alpha value is -0.810. The maximum atomic E-state index is 12.4. The lowest BCUT2D eigenvalue weighted by Gasteiger charge is -2.36. The zero-order valence-corrected chi connectivity index (χ0v) is 15.1. The lowest BCUT2D eigenvalue weighted by Crippen LogP contribution is -2.46. The fourth-order valence-corrected chi connectivity index (χ4v) is 3.38. The fraction of sp³-hybridized carbons (Fsp3) is 0.944. The Bertz CT molecular complexity index is 362. The van der Waals surface area contributed by atoms with E-state index in [1.54, 1.807) is 0 Å². The van der Waals surface area contributed by atoms with Crippen molar-refractivity contribution in [3.8, 4) is 0 Å². The van der Waals surface area contributed by atoms with Crippen LogP contribution in [0.5, 0.6) is 0 Å². The molecule has 0 bridgehead atoms. The first-order valence-corrected chi connectivity index (χ1v) is 9.24. The normalized spacial score (nSPS) is 23.8. The molecule has 2 rings (SSSR count). The molecule has 1 amide bonds. The molecule has 2 heterocycles. The van der Waals surface area contributed by atoms with E-state index in [-0.39, 0.29) is 12.1 Å². The average molecular weight is 326 g/mol. The highest BCUT2D eigenvalue weighted by molar-refractivity contribution is 5.68. The van der Waals surface area contributed by atoms with Gasteiger partial charge in [-0.3, -0.25) is 0 Å². The van der Waals surface area contributed by atoms with Crippen LogP contribution >= 0.6 is 0 Å². The predicted molar refractivity (Wildman–Crippen MR) is 91.6 cm³/mol. The number of carbonyl (C=O) groups excluding carboxylic acids is 1. The van der Waals surface area contributed by atoms with Crippen molar-refractivity contribution >= 4 is 6.09 Å². The van der Waals surface area contributed by atoms with E-state index >= 15 is 0 Å². The highest BCUT2D eigenvalue weighted by atomic mass is 16.6. The average Bonchev–Trinajstić information content (AvgIpc) is 2.51. The first-order chi connectivity index (χ1) is 11.0. The largest absolute Gasteiger partial charge is 0.444 e. The molecule has 1 unspecified atom stereocenters. The van der Waals surface area contributed by atoms with Crippen LogP contribution in [-0.2, 0) is 9.47 Å². The summed E-state index contributed by atoms with van der Waals surface area (Å²) in [5.41, 5.74) is -0.426. The molecule has 2 aliphatic rings. The summed E-state index contributed by atoms with van der Waals surface area (Å²) < 4.78 is 11.4. The number of nitrogens with zero attached hydrogens (tertiary/aromatic N) is 1. The van der Waals surface area contributed by atoms with E-state index in [1.807, 2.05) is 25.7 Å². The lowest BCUT2D eigenvalue weighted by atomic mass is 9.99. The van der Waals surface area contributed by atoms with Crippen LogP contribution < -0.4 is 5.32 Å². The Balaban J connectivity index is 1.71. The quantitative estimate of drug-likeness (QED) is 0.788. The van der Waals surface area contributed by atoms with Gasteiger partial charge in [0.15, 0.2) is 0 Å². The van der Waals surface area contributed by atoms with Gasteiger partial charge in [-0.05, 0) is 78.3 Å². The van der Waals surface area contributed by atoms with Crippen LogP contribution in [0.2, 0.25) is 0 Å². The third-order valence-corrected chi connectivity index (χ3v) is 4.66. The minimum Gasteiger partial charge on any atom is -0.444 e. The summed E-state index contributed by atoms with van der Waals surface area (Å²) in [5, 5.41) is 3.38. The van der Waals surface area contributed by atoms with Crippen LogP contribution in [0.3, 0.4) is 0 Å². The fourth-order valence-electron chi connectivity index (χ4n) is 3.38. The molecular formula is C18H34N2O3. The molecular weight excluding hydrogens is 292 g/mol. The molecule has 0 radical (unpaired) electrons. The van der Waals surface area contributed by atoms with E-state index in [4.69, 9.17) is 9.47 Å². The maximum Gasteiger partial charge on any atom is 0.410 e. The molecule has 0 aromatic rings. The standard InChI is InChI=1S/C18H34N2O3/c1-18(2,3)23-17(21)20-12-5-4-6-16(20)9-13-22-14-15-7-10-19-11-8-15/h15-16,19H,4-14H2,1-3H3. The van der Waals surface area contributed by atoms with Gasteiger partial charge >= 0.3 is 6.09 Å². The molecule has 1 atom stereocenters. The summed E-state index contributed by atoms with van der Waals surface area (Å²) in [7, 11) is 0. The maximum absolute atomic E-state index is 12.4. The smallest absolute Gasteiger partial charge is 0.410 e. The first-order valence-electron chi connectivity index (χ1n) is 9.24. The first kappa shape index (κ1) is 18.5. The third-order valence-electron chi connectivity index (χ3n) is 4.66. The predicted octanol–water partition coefficient (Wildman–Crippen LogP) is 3.18. The SMILES string of the molecule is CC(C)(C)OC(=O)N1CCCCC1CCOCC1CCNCC1. The van der Waals surface area contributed by atoms with Crippen molar-refractivity contribution in [3.05, 3.63) is 0 Å². The van der Waals surface area contributed by atoms with Gasteiger partial charge in [0, 0.05) is 25.8 Å². The highest BCUT2D eigenvalue weighted by Gasteiger charge is 2.30. The van der Waals surface area contributed by atoms with Crippen LogP contribution in [0.4, 0.5) is 4.79 Å². The molecule has 5 nitrogen and oxygen atoms in total. The molecule has 2 fully saturated rings. The topological polar surface area (TPSA) is 50.8 Å². The minimum absolute atomic E-state index is 0.166. The van der Waals surface area contributed by atoms with Gasteiger partial charge in [-0.1, -0.05) is 0 Å². The second kappa shape index (κ2) is 8.88. The Kier molecular flexibility index (Phi) is 7.15. The van der Waals surface area contributed by atoms with Gasteiger partial charge in [-0.2, -0.15) is 0 Å². The van der Waals surface area contributed by atoms with E-state index in [0.717, 1.165) is 52.1 Å². The van der Waals surface area contributed by atoms with Gasteiger partial charge < -0.3 is 19.7 Å². The van der Waals surface area contributed by atoms with Crippen LogP contribution in [0.1, 0.15) is 59.3 Å². The van der Waals surface area contributed by atoms with Crippen molar-refractivity contribution in [2.45, 2.75) is 70.9 Å². The number of carbonyl (C=O) groups is 1. The monoisotopic (exact) mass is 326 g/mol. The molecule has 2 saturated heterocycles. The van der Waals surface area contributed by atoms with E-state index < -0.39 is 5.60 Å². The molecule has 2 aliphatic heterocycles. The van der Waals surface area contributed by atoms with Gasteiger partial charge in [-0.25, -0.2) is 4.79 Å². The lowest BCUT2D eigenvalue weighted by molar-refractivity contribution is 0.00272. The zero-order chi connectivity index (χ0) is 16.7. The van der Waals surface area contributed by atoms with Gasteiger partial charge in [0.2, 0.25) is 0 Å². The number of nitrogens with one attached hydrogen (secondary N) is 1. The number of hydrogen-bond acceptors (Lipinski definition) is 4. The van der Waals surface area contributed by atoms with E-state index in [2.05, 4.69) is 5.32 Å². The van der Waals surface area contributed by atoms with Gasteiger partial charge in [0.05, 0.1) is 0 Å². The van der Waals surface area contributed by atoms with Crippen LogP contribution in [0, 0.1) is 5.92 Å². The number of amides is 1. The van der Waals surface area contributed by atoms with Crippen LogP contribution in [-0.4, -0.2) is 55.5 Å². The Labute approximate surface area is 141 Å². The Morgan fingerprint density at radius 2 is 1.91 bits per heavy atom.